The molecule has 2 rings (SSSR count). The van der Waals surface area contributed by atoms with Gasteiger partial charge in [-0.3, -0.25) is 34.0 Å². The van der Waals surface area contributed by atoms with Crippen LogP contribution in [0.1, 0.15) is 29.5 Å². The van der Waals surface area contributed by atoms with Crippen molar-refractivity contribution < 1.29 is 71.4 Å². The number of halogens is 6. The summed E-state index contributed by atoms with van der Waals surface area (Å²) in [4.78, 5) is 45.2. The van der Waals surface area contributed by atoms with E-state index in [1.54, 1.807) is 19.6 Å². The lowest BCUT2D eigenvalue weighted by atomic mass is 10.0. The van der Waals surface area contributed by atoms with Crippen LogP contribution < -0.4 is 16.0 Å². The summed E-state index contributed by atoms with van der Waals surface area (Å²) < 4.78 is 82.1. The molecule has 22 heteroatoms. The number of benzene rings is 1. The monoisotopic (exact) mass is 819 g/mol. The van der Waals surface area contributed by atoms with Crippen molar-refractivity contribution in [2.45, 2.75) is 50.1 Å². The highest BCUT2D eigenvalue weighted by atomic mass is 19.4. The standard InChI is InChI=1S/C34H55F6N7O9/c35-33(36,37)25-11-24(12-26(13-25)34(38,39)40)17-44-3-1-4-46(19-31(55)42-15-28(52)22-49)9-10-47(20-32(56)43-16-29(53)23-50)6-2-5-45(8-7-44)18-30(54)41-14-27(51)21-48/h11-13,27-29,48-53H,1-10,14-23H2,(H,41,54)(H,42,55)(H,43,56). The average molecular weight is 820 g/mol. The van der Waals surface area contributed by atoms with Crippen LogP contribution in [0.3, 0.4) is 0 Å². The van der Waals surface area contributed by atoms with Gasteiger partial charge in [0.15, 0.2) is 0 Å². The Hall–Kier alpha value is -3.19. The highest BCUT2D eigenvalue weighted by molar-refractivity contribution is 5.78. The smallest absolute Gasteiger partial charge is 0.394 e. The second-order valence-corrected chi connectivity index (χ2v) is 13.6. The molecule has 1 saturated heterocycles. The Labute approximate surface area is 321 Å². The minimum Gasteiger partial charge on any atom is -0.394 e. The molecule has 3 atom stereocenters. The van der Waals surface area contributed by atoms with E-state index in [1.165, 1.54) is 0 Å². The first-order chi connectivity index (χ1) is 26.3. The number of hydrogen-bond acceptors (Lipinski definition) is 13. The van der Waals surface area contributed by atoms with Crippen LogP contribution >= 0.6 is 0 Å². The molecule has 1 aromatic carbocycles. The fourth-order valence-corrected chi connectivity index (χ4v) is 5.72. The number of alkyl halides is 6. The molecule has 9 N–H and O–H groups in total. The van der Waals surface area contributed by atoms with Crippen LogP contribution in [0.25, 0.3) is 0 Å². The van der Waals surface area contributed by atoms with Gasteiger partial charge in [-0.05, 0) is 62.8 Å². The van der Waals surface area contributed by atoms with Crippen molar-refractivity contribution in [1.29, 1.82) is 0 Å². The van der Waals surface area contributed by atoms with E-state index in [2.05, 4.69) is 16.0 Å². The molecule has 1 heterocycles. The fourth-order valence-electron chi connectivity index (χ4n) is 5.72. The maximum atomic E-state index is 13.7. The molecule has 0 bridgehead atoms. The van der Waals surface area contributed by atoms with Gasteiger partial charge >= 0.3 is 12.4 Å². The van der Waals surface area contributed by atoms with Crippen LogP contribution in [0.4, 0.5) is 26.3 Å². The van der Waals surface area contributed by atoms with E-state index >= 15 is 0 Å². The Bertz CT molecular complexity index is 1320. The van der Waals surface area contributed by atoms with Gasteiger partial charge in [0.2, 0.25) is 17.7 Å². The summed E-state index contributed by atoms with van der Waals surface area (Å²) in [5.41, 5.74) is -3.16. The number of nitrogens with one attached hydrogen (secondary N) is 3. The van der Waals surface area contributed by atoms with E-state index in [9.17, 15) is 56.0 Å². The van der Waals surface area contributed by atoms with Gasteiger partial charge in [0.1, 0.15) is 0 Å². The van der Waals surface area contributed by atoms with Crippen molar-refractivity contribution in [1.82, 2.24) is 35.6 Å². The maximum Gasteiger partial charge on any atom is 0.416 e. The predicted octanol–water partition coefficient (Wildman–Crippen LogP) is -2.37. The number of carbonyl (C=O) groups is 3. The summed E-state index contributed by atoms with van der Waals surface area (Å²) in [6.45, 7) is -1.71. The summed E-state index contributed by atoms with van der Waals surface area (Å²) in [5.74, 6) is -1.47. The summed E-state index contributed by atoms with van der Waals surface area (Å²) in [5, 5.41) is 63.8. The molecule has 1 aromatic rings. The molecule has 1 aliphatic heterocycles. The summed E-state index contributed by atoms with van der Waals surface area (Å²) in [6, 6.07) is 1.37. The Morgan fingerprint density at radius 3 is 1.14 bits per heavy atom. The lowest BCUT2D eigenvalue weighted by Gasteiger charge is -2.32. The zero-order chi connectivity index (χ0) is 41.9. The number of rotatable bonds is 17. The first-order valence-corrected chi connectivity index (χ1v) is 18.2. The molecule has 1 fully saturated rings. The number of amides is 3. The van der Waals surface area contributed by atoms with Crippen LogP contribution in [0, 0.1) is 0 Å². The summed E-state index contributed by atoms with van der Waals surface area (Å²) >= 11 is 0. The fraction of sp³-hybridized carbons (Fsp3) is 0.735. The normalized spacial score (nSPS) is 18.4. The van der Waals surface area contributed by atoms with Gasteiger partial charge in [-0.15, -0.1) is 0 Å². The maximum absolute atomic E-state index is 13.7. The van der Waals surface area contributed by atoms with Crippen LogP contribution in [-0.2, 0) is 33.3 Å². The third kappa shape index (κ3) is 19.8. The molecular weight excluding hydrogens is 764 g/mol. The topological polar surface area (TPSA) is 222 Å². The van der Waals surface area contributed by atoms with Gasteiger partial charge in [-0.2, -0.15) is 26.3 Å². The van der Waals surface area contributed by atoms with Crippen molar-refractivity contribution in [2.24, 2.45) is 0 Å². The van der Waals surface area contributed by atoms with Crippen molar-refractivity contribution in [3.05, 3.63) is 34.9 Å². The number of carbonyl (C=O) groups excluding carboxylic acids is 3. The molecule has 16 nitrogen and oxygen atoms in total. The number of aliphatic hydroxyl groups is 6. The van der Waals surface area contributed by atoms with Gasteiger partial charge in [0.25, 0.3) is 0 Å². The Morgan fingerprint density at radius 1 is 0.536 bits per heavy atom. The number of aliphatic hydroxyl groups excluding tert-OH is 6. The minimum atomic E-state index is -5.05. The minimum absolute atomic E-state index is 0.0499. The molecule has 0 radical (unpaired) electrons. The second kappa shape index (κ2) is 24.6. The van der Waals surface area contributed by atoms with Crippen molar-refractivity contribution in [3.63, 3.8) is 0 Å². The lowest BCUT2D eigenvalue weighted by molar-refractivity contribution is -0.143. The van der Waals surface area contributed by atoms with Crippen molar-refractivity contribution in [2.75, 3.05) is 111 Å². The van der Waals surface area contributed by atoms with E-state index < -0.39 is 79.3 Å². The second-order valence-electron chi connectivity index (χ2n) is 13.6. The van der Waals surface area contributed by atoms with E-state index in [-0.39, 0.29) is 116 Å². The average Bonchev–Trinajstić information content (AvgIpc) is 3.14. The van der Waals surface area contributed by atoms with Gasteiger partial charge in [-0.1, -0.05) is 0 Å². The van der Waals surface area contributed by atoms with Gasteiger partial charge in [0, 0.05) is 52.4 Å². The van der Waals surface area contributed by atoms with Crippen LogP contribution in [0.2, 0.25) is 0 Å². The number of nitrogens with zero attached hydrogens (tertiary/aromatic N) is 4. The quantitative estimate of drug-likeness (QED) is 0.0752. The van der Waals surface area contributed by atoms with Crippen molar-refractivity contribution >= 4 is 17.7 Å². The van der Waals surface area contributed by atoms with E-state index in [4.69, 9.17) is 15.3 Å². The molecule has 0 spiro atoms. The van der Waals surface area contributed by atoms with Crippen LogP contribution in [-0.4, -0.2) is 198 Å². The van der Waals surface area contributed by atoms with E-state index in [0.717, 1.165) is 0 Å². The zero-order valence-electron chi connectivity index (χ0n) is 31.1. The summed E-state index contributed by atoms with van der Waals surface area (Å²) in [6.07, 6.45) is -13.0. The van der Waals surface area contributed by atoms with E-state index in [1.807, 2.05) is 0 Å². The van der Waals surface area contributed by atoms with Crippen molar-refractivity contribution in [3.8, 4) is 0 Å². The molecule has 3 unspecified atom stereocenters. The predicted molar refractivity (Wildman–Crippen MR) is 189 cm³/mol. The molecule has 322 valence electrons. The highest BCUT2D eigenvalue weighted by Gasteiger charge is 2.37. The molecule has 1 aliphatic rings. The zero-order valence-corrected chi connectivity index (χ0v) is 31.1. The van der Waals surface area contributed by atoms with Crippen LogP contribution in [0.5, 0.6) is 0 Å². The molecule has 0 aromatic heterocycles. The highest BCUT2D eigenvalue weighted by Crippen LogP contribution is 2.36. The molecular formula is C34H55F6N7O9. The van der Waals surface area contributed by atoms with Gasteiger partial charge < -0.3 is 46.6 Å². The Balaban J connectivity index is 2.40. The van der Waals surface area contributed by atoms with Gasteiger partial charge in [0.05, 0.1) is 68.9 Å². The largest absolute Gasteiger partial charge is 0.416 e. The Kier molecular flexibility index (Phi) is 21.5. The summed E-state index contributed by atoms with van der Waals surface area (Å²) in [7, 11) is 0. The van der Waals surface area contributed by atoms with Crippen LogP contribution in [0.15, 0.2) is 18.2 Å². The molecule has 0 aliphatic carbocycles. The Morgan fingerprint density at radius 2 is 0.839 bits per heavy atom. The van der Waals surface area contributed by atoms with Gasteiger partial charge in [-0.25, -0.2) is 0 Å². The first kappa shape index (κ1) is 49.0. The SMILES string of the molecule is O=C(CN1CCCN(CC(=O)NCC(O)CO)CCN(Cc2cc(C(F)(F)F)cc(C(F)(F)F)c2)CCCN(CC(=O)NCC(O)CO)CC1)NCC(O)CO. The third-order valence-electron chi connectivity index (χ3n) is 8.75. The third-order valence-corrected chi connectivity index (χ3v) is 8.75. The number of hydrogen-bond donors (Lipinski definition) is 9. The lowest BCUT2D eigenvalue weighted by Crippen LogP contribution is -2.48. The van der Waals surface area contributed by atoms with E-state index in [0.29, 0.717) is 18.6 Å². The molecule has 0 saturated carbocycles. The molecule has 56 heavy (non-hydrogen) atoms. The molecule has 3 amide bonds. The first-order valence-electron chi connectivity index (χ1n) is 18.2.